The van der Waals surface area contributed by atoms with Gasteiger partial charge in [-0.25, -0.2) is 13.1 Å². The number of nitrogens with one attached hydrogen (secondary N) is 3. The summed E-state index contributed by atoms with van der Waals surface area (Å²) in [5.74, 6) is 0. The van der Waals surface area contributed by atoms with E-state index in [9.17, 15) is 8.42 Å². The lowest BCUT2D eigenvalue weighted by molar-refractivity contribution is 0.136. The minimum absolute atomic E-state index is 0.233. The molecule has 7 nitrogen and oxygen atoms in total. The smallest absolute Gasteiger partial charge is 0.244 e. The third-order valence-electron chi connectivity index (χ3n) is 2.95. The normalized spacial score (nSPS) is 12.0. The molecule has 0 atom stereocenters. The van der Waals surface area contributed by atoms with Crippen molar-refractivity contribution in [3.05, 3.63) is 11.4 Å². The average molecular weight is 318 g/mol. The summed E-state index contributed by atoms with van der Waals surface area (Å²) in [6.07, 6.45) is 2.05. The van der Waals surface area contributed by atoms with Gasteiger partial charge in [0.2, 0.25) is 10.0 Å². The van der Waals surface area contributed by atoms with Crippen molar-refractivity contribution >= 4 is 10.0 Å². The van der Waals surface area contributed by atoms with Crippen LogP contribution >= 0.6 is 0 Å². The van der Waals surface area contributed by atoms with Crippen molar-refractivity contribution in [2.75, 3.05) is 26.3 Å². The quantitative estimate of drug-likeness (QED) is 0.527. The monoisotopic (exact) mass is 318 g/mol. The van der Waals surface area contributed by atoms with Crippen molar-refractivity contribution in [3.63, 3.8) is 0 Å². The fraction of sp³-hybridized carbons (Fsp3) is 0.769. The Bertz CT molecular complexity index is 513. The summed E-state index contributed by atoms with van der Waals surface area (Å²) < 4.78 is 32.6. The van der Waals surface area contributed by atoms with Crippen LogP contribution in [-0.2, 0) is 21.3 Å². The predicted molar refractivity (Wildman–Crippen MR) is 81.6 cm³/mol. The van der Waals surface area contributed by atoms with E-state index in [0.717, 1.165) is 19.4 Å². The molecule has 1 aromatic heterocycles. The second-order valence-corrected chi connectivity index (χ2v) is 6.47. The first-order chi connectivity index (χ1) is 10.0. The van der Waals surface area contributed by atoms with Gasteiger partial charge in [0, 0.05) is 19.7 Å². The largest absolute Gasteiger partial charge is 0.380 e. The Labute approximate surface area is 126 Å². The number of aromatic nitrogens is 2. The number of ether oxygens (including phenoxy) is 1. The Morgan fingerprint density at radius 1 is 1.29 bits per heavy atom. The van der Waals surface area contributed by atoms with E-state index in [0.29, 0.717) is 31.1 Å². The molecule has 0 amide bonds. The molecule has 0 saturated heterocycles. The molecular formula is C13H26N4O3S. The van der Waals surface area contributed by atoms with Crippen molar-refractivity contribution in [2.24, 2.45) is 0 Å². The summed E-state index contributed by atoms with van der Waals surface area (Å²) in [6, 6.07) is 0. The number of nitrogens with zero attached hydrogens (tertiary/aromatic N) is 1. The van der Waals surface area contributed by atoms with Gasteiger partial charge in [0.25, 0.3) is 0 Å². The van der Waals surface area contributed by atoms with Crippen LogP contribution in [0.5, 0.6) is 0 Å². The van der Waals surface area contributed by atoms with Crippen LogP contribution in [0.1, 0.15) is 38.1 Å². The van der Waals surface area contributed by atoms with E-state index in [1.165, 1.54) is 0 Å². The zero-order chi connectivity index (χ0) is 15.7. The number of rotatable bonds is 11. The maximum atomic E-state index is 12.3. The Balaban J connectivity index is 2.59. The van der Waals surface area contributed by atoms with Gasteiger partial charge < -0.3 is 10.1 Å². The van der Waals surface area contributed by atoms with Crippen molar-refractivity contribution in [1.82, 2.24) is 20.2 Å². The molecule has 0 bridgehead atoms. The van der Waals surface area contributed by atoms with Gasteiger partial charge in [0.05, 0.1) is 18.0 Å². The van der Waals surface area contributed by atoms with E-state index in [2.05, 4.69) is 27.2 Å². The lowest BCUT2D eigenvalue weighted by atomic mass is 10.3. The number of hydrogen-bond donors (Lipinski definition) is 3. The Morgan fingerprint density at radius 3 is 2.71 bits per heavy atom. The molecule has 0 unspecified atom stereocenters. The van der Waals surface area contributed by atoms with Crippen LogP contribution in [0.25, 0.3) is 0 Å². The van der Waals surface area contributed by atoms with Crippen LogP contribution in [0.4, 0.5) is 0 Å². The van der Waals surface area contributed by atoms with Gasteiger partial charge in [-0.3, -0.25) is 5.10 Å². The van der Waals surface area contributed by atoms with E-state index in [1.807, 2.05) is 6.92 Å². The van der Waals surface area contributed by atoms with Gasteiger partial charge >= 0.3 is 0 Å². The molecule has 21 heavy (non-hydrogen) atoms. The predicted octanol–water partition coefficient (Wildman–Crippen LogP) is 0.923. The molecule has 0 aliphatic heterocycles. The molecule has 1 heterocycles. The molecule has 3 N–H and O–H groups in total. The zero-order valence-electron chi connectivity index (χ0n) is 13.0. The summed E-state index contributed by atoms with van der Waals surface area (Å²) in [7, 11) is -3.57. The Morgan fingerprint density at radius 2 is 2.05 bits per heavy atom. The van der Waals surface area contributed by atoms with Crippen molar-refractivity contribution < 1.29 is 13.2 Å². The Hall–Kier alpha value is -0.960. The maximum Gasteiger partial charge on any atom is 0.244 e. The number of aromatic amines is 1. The second-order valence-electron chi connectivity index (χ2n) is 4.77. The first-order valence-electron chi connectivity index (χ1n) is 7.34. The highest BCUT2D eigenvalue weighted by Crippen LogP contribution is 2.17. The molecule has 0 aromatic carbocycles. The maximum absolute atomic E-state index is 12.3. The fourth-order valence-electron chi connectivity index (χ4n) is 1.86. The van der Waals surface area contributed by atoms with Gasteiger partial charge in [-0.05, 0) is 19.9 Å². The van der Waals surface area contributed by atoms with Crippen LogP contribution in [-0.4, -0.2) is 44.9 Å². The molecule has 0 aliphatic rings. The molecule has 0 aliphatic carbocycles. The zero-order valence-corrected chi connectivity index (χ0v) is 13.8. The number of aryl methyl sites for hydroxylation is 1. The lowest BCUT2D eigenvalue weighted by Crippen LogP contribution is -2.29. The number of hydrogen-bond acceptors (Lipinski definition) is 5. The highest BCUT2D eigenvalue weighted by Gasteiger charge is 2.23. The molecule has 122 valence electrons. The number of sulfonamides is 1. The number of H-pyrrole nitrogens is 1. The van der Waals surface area contributed by atoms with Gasteiger partial charge in [-0.15, -0.1) is 0 Å². The van der Waals surface area contributed by atoms with Gasteiger partial charge in [0.15, 0.2) is 0 Å². The van der Waals surface area contributed by atoms with Crippen LogP contribution in [0.15, 0.2) is 4.90 Å². The van der Waals surface area contributed by atoms with Crippen LogP contribution in [0.2, 0.25) is 0 Å². The molecule has 1 rings (SSSR count). The minimum Gasteiger partial charge on any atom is -0.380 e. The summed E-state index contributed by atoms with van der Waals surface area (Å²) in [5.41, 5.74) is 1.05. The van der Waals surface area contributed by atoms with Gasteiger partial charge in [-0.2, -0.15) is 5.10 Å². The third kappa shape index (κ3) is 5.74. The van der Waals surface area contributed by atoms with Crippen molar-refractivity contribution in [3.8, 4) is 0 Å². The molecule has 0 fully saturated rings. The fourth-order valence-corrected chi connectivity index (χ4v) is 3.23. The van der Waals surface area contributed by atoms with Gasteiger partial charge in [-0.1, -0.05) is 20.3 Å². The SMILES string of the molecule is CCCCOCCNS(=O)(=O)c1c(CNCC)n[nH]c1C. The molecule has 0 spiro atoms. The summed E-state index contributed by atoms with van der Waals surface area (Å²) in [6.45, 7) is 8.22. The summed E-state index contributed by atoms with van der Waals surface area (Å²) in [4.78, 5) is 0.233. The van der Waals surface area contributed by atoms with Gasteiger partial charge in [0.1, 0.15) is 4.90 Å². The number of unbranched alkanes of at least 4 members (excludes halogenated alkanes) is 1. The summed E-state index contributed by atoms with van der Waals surface area (Å²) in [5, 5.41) is 9.86. The van der Waals surface area contributed by atoms with Crippen molar-refractivity contribution in [1.29, 1.82) is 0 Å². The second kappa shape index (κ2) is 9.14. The molecule has 8 heteroatoms. The highest BCUT2D eigenvalue weighted by molar-refractivity contribution is 7.89. The minimum atomic E-state index is -3.57. The van der Waals surface area contributed by atoms with E-state index in [4.69, 9.17) is 4.74 Å². The van der Waals surface area contributed by atoms with E-state index in [1.54, 1.807) is 6.92 Å². The van der Waals surface area contributed by atoms with E-state index < -0.39 is 10.0 Å². The Kier molecular flexibility index (Phi) is 7.87. The first kappa shape index (κ1) is 18.1. The van der Waals surface area contributed by atoms with Crippen LogP contribution in [0.3, 0.4) is 0 Å². The van der Waals surface area contributed by atoms with Crippen molar-refractivity contribution in [2.45, 2.75) is 45.1 Å². The van der Waals surface area contributed by atoms with Crippen LogP contribution in [0, 0.1) is 6.92 Å². The standard InChI is InChI=1S/C13H26N4O3S/c1-4-6-8-20-9-7-15-21(18,19)13-11(3)16-17-12(13)10-14-5-2/h14-15H,4-10H2,1-3H3,(H,16,17). The highest BCUT2D eigenvalue weighted by atomic mass is 32.2. The third-order valence-corrected chi connectivity index (χ3v) is 4.62. The van der Waals surface area contributed by atoms with E-state index >= 15 is 0 Å². The molecule has 0 saturated carbocycles. The molecule has 0 radical (unpaired) electrons. The average Bonchev–Trinajstić information content (AvgIpc) is 2.82. The lowest BCUT2D eigenvalue weighted by Gasteiger charge is -2.08. The topological polar surface area (TPSA) is 96.1 Å². The van der Waals surface area contributed by atoms with E-state index in [-0.39, 0.29) is 11.4 Å². The molecular weight excluding hydrogens is 292 g/mol. The summed E-state index contributed by atoms with van der Waals surface area (Å²) >= 11 is 0. The molecule has 1 aromatic rings. The first-order valence-corrected chi connectivity index (χ1v) is 8.83. The van der Waals surface area contributed by atoms with Crippen LogP contribution < -0.4 is 10.0 Å².